The number of allylic oxidation sites excluding steroid dienone is 1. The van der Waals surface area contributed by atoms with Gasteiger partial charge in [0, 0.05) is 19.0 Å². The molecule has 0 aromatic heterocycles. The van der Waals surface area contributed by atoms with Crippen LogP contribution in [0.1, 0.15) is 34.1 Å². The zero-order chi connectivity index (χ0) is 14.0. The Morgan fingerprint density at radius 3 is 2.44 bits per heavy atom. The van der Waals surface area contributed by atoms with Gasteiger partial charge in [0.05, 0.1) is 6.54 Å². The van der Waals surface area contributed by atoms with Gasteiger partial charge in [-0.2, -0.15) is 0 Å². The number of ketones is 1. The van der Waals surface area contributed by atoms with Gasteiger partial charge >= 0.3 is 0 Å². The van der Waals surface area contributed by atoms with Crippen LogP contribution >= 0.6 is 0 Å². The third-order valence-electron chi connectivity index (χ3n) is 2.90. The van der Waals surface area contributed by atoms with Gasteiger partial charge in [0.25, 0.3) is 0 Å². The molecule has 1 unspecified atom stereocenters. The highest BCUT2D eigenvalue weighted by molar-refractivity contribution is 5.78. The van der Waals surface area contributed by atoms with E-state index >= 15 is 0 Å². The molecule has 0 aromatic rings. The molecule has 4 heteroatoms. The number of carbonyl (C=O) groups excluding carboxylic acids is 2. The van der Waals surface area contributed by atoms with E-state index in [0.717, 1.165) is 19.5 Å². The van der Waals surface area contributed by atoms with E-state index < -0.39 is 0 Å². The molecular weight excluding hydrogens is 228 g/mol. The Morgan fingerprint density at radius 2 is 1.94 bits per heavy atom. The van der Waals surface area contributed by atoms with Crippen LogP contribution in [0, 0.1) is 5.92 Å². The molecule has 104 valence electrons. The van der Waals surface area contributed by atoms with Crippen molar-refractivity contribution in [2.24, 2.45) is 5.92 Å². The quantitative estimate of drug-likeness (QED) is 0.636. The molecule has 0 radical (unpaired) electrons. The second kappa shape index (κ2) is 9.83. The van der Waals surface area contributed by atoms with Crippen LogP contribution in [0.5, 0.6) is 0 Å². The predicted molar refractivity (Wildman–Crippen MR) is 74.4 cm³/mol. The summed E-state index contributed by atoms with van der Waals surface area (Å²) in [7, 11) is 0. The molecule has 0 aromatic carbocycles. The smallest absolute Gasteiger partial charge is 0.234 e. The molecule has 0 saturated carbocycles. The maximum absolute atomic E-state index is 11.4. The van der Waals surface area contributed by atoms with Crippen molar-refractivity contribution in [2.45, 2.75) is 34.1 Å². The van der Waals surface area contributed by atoms with Gasteiger partial charge in [0.15, 0.2) is 0 Å². The largest absolute Gasteiger partial charge is 0.355 e. The number of nitrogens with one attached hydrogen (secondary N) is 1. The molecule has 0 aliphatic rings. The number of likely N-dealkylation sites (N-methyl/N-ethyl adjacent to an activating group) is 2. The van der Waals surface area contributed by atoms with Crippen LogP contribution in [0.4, 0.5) is 0 Å². The highest BCUT2D eigenvalue weighted by atomic mass is 16.2. The minimum Gasteiger partial charge on any atom is -0.355 e. The van der Waals surface area contributed by atoms with Gasteiger partial charge in [0.2, 0.25) is 5.91 Å². The van der Waals surface area contributed by atoms with Gasteiger partial charge in [-0.25, -0.2) is 0 Å². The molecule has 0 aliphatic heterocycles. The van der Waals surface area contributed by atoms with Crippen molar-refractivity contribution in [1.29, 1.82) is 0 Å². The Bertz CT molecular complexity index is 288. The molecule has 1 atom stereocenters. The maximum Gasteiger partial charge on any atom is 0.234 e. The van der Waals surface area contributed by atoms with E-state index in [0.29, 0.717) is 13.1 Å². The molecule has 1 N–H and O–H groups in total. The van der Waals surface area contributed by atoms with Gasteiger partial charge in [-0.05, 0) is 26.8 Å². The Balaban J connectivity index is 3.96. The monoisotopic (exact) mass is 254 g/mol. The highest BCUT2D eigenvalue weighted by Gasteiger charge is 2.07. The maximum atomic E-state index is 11.4. The Labute approximate surface area is 110 Å². The van der Waals surface area contributed by atoms with E-state index in [1.165, 1.54) is 0 Å². The second-order valence-electron chi connectivity index (χ2n) is 4.50. The van der Waals surface area contributed by atoms with Crippen LogP contribution in [0.15, 0.2) is 12.2 Å². The third kappa shape index (κ3) is 8.01. The SMILES string of the molecule is CCNC(=O)CN(CC)C/C=C/CC(C)C(C)=O. The number of carbonyl (C=O) groups is 2. The average Bonchev–Trinajstić information content (AvgIpc) is 2.32. The molecule has 0 bridgehead atoms. The van der Waals surface area contributed by atoms with Gasteiger partial charge in [-0.1, -0.05) is 26.0 Å². The molecule has 0 saturated heterocycles. The third-order valence-corrected chi connectivity index (χ3v) is 2.90. The van der Waals surface area contributed by atoms with Crippen LogP contribution in [0.25, 0.3) is 0 Å². The lowest BCUT2D eigenvalue weighted by atomic mass is 10.0. The lowest BCUT2D eigenvalue weighted by Crippen LogP contribution is -2.37. The summed E-state index contributed by atoms with van der Waals surface area (Å²) in [6, 6.07) is 0. The molecule has 0 aliphatic carbocycles. The van der Waals surface area contributed by atoms with Crippen molar-refractivity contribution in [3.8, 4) is 0 Å². The number of rotatable bonds is 9. The Kier molecular flexibility index (Phi) is 9.19. The summed E-state index contributed by atoms with van der Waals surface area (Å²) in [6.07, 6.45) is 4.82. The fourth-order valence-corrected chi connectivity index (χ4v) is 1.45. The van der Waals surface area contributed by atoms with E-state index in [-0.39, 0.29) is 17.6 Å². The van der Waals surface area contributed by atoms with Crippen molar-refractivity contribution in [3.63, 3.8) is 0 Å². The number of amides is 1. The van der Waals surface area contributed by atoms with E-state index in [1.807, 2.05) is 32.9 Å². The van der Waals surface area contributed by atoms with E-state index in [2.05, 4.69) is 10.2 Å². The van der Waals surface area contributed by atoms with Gasteiger partial charge in [-0.3, -0.25) is 14.5 Å². The molecule has 0 spiro atoms. The summed E-state index contributed by atoms with van der Waals surface area (Å²) in [5.74, 6) is 0.360. The first-order valence-corrected chi connectivity index (χ1v) is 6.65. The molecule has 0 heterocycles. The van der Waals surface area contributed by atoms with Crippen molar-refractivity contribution < 1.29 is 9.59 Å². The predicted octanol–water partition coefficient (Wildman–Crippen LogP) is 1.62. The minimum atomic E-state index is 0.0601. The van der Waals surface area contributed by atoms with E-state index in [1.54, 1.807) is 6.92 Å². The summed E-state index contributed by atoms with van der Waals surface area (Å²) in [5, 5.41) is 2.78. The summed E-state index contributed by atoms with van der Waals surface area (Å²) >= 11 is 0. The first kappa shape index (κ1) is 16.8. The van der Waals surface area contributed by atoms with Gasteiger partial charge in [-0.15, -0.1) is 0 Å². The zero-order valence-corrected chi connectivity index (χ0v) is 12.0. The molecule has 18 heavy (non-hydrogen) atoms. The van der Waals surface area contributed by atoms with E-state index in [9.17, 15) is 9.59 Å². The van der Waals surface area contributed by atoms with Crippen molar-refractivity contribution in [2.75, 3.05) is 26.2 Å². The molecule has 1 amide bonds. The minimum absolute atomic E-state index is 0.0601. The second-order valence-corrected chi connectivity index (χ2v) is 4.50. The summed E-state index contributed by atoms with van der Waals surface area (Å²) in [4.78, 5) is 24.5. The van der Waals surface area contributed by atoms with Gasteiger partial charge < -0.3 is 5.32 Å². The van der Waals surface area contributed by atoms with E-state index in [4.69, 9.17) is 0 Å². The highest BCUT2D eigenvalue weighted by Crippen LogP contribution is 2.03. The average molecular weight is 254 g/mol. The number of hydrogen-bond acceptors (Lipinski definition) is 3. The first-order chi connectivity index (χ1) is 8.51. The summed E-state index contributed by atoms with van der Waals surface area (Å²) in [5.41, 5.74) is 0. The van der Waals surface area contributed by atoms with Crippen LogP contribution < -0.4 is 5.32 Å². The van der Waals surface area contributed by atoms with Crippen molar-refractivity contribution in [3.05, 3.63) is 12.2 Å². The lowest BCUT2D eigenvalue weighted by Gasteiger charge is -2.17. The molecule has 0 rings (SSSR count). The van der Waals surface area contributed by atoms with Gasteiger partial charge in [0.1, 0.15) is 5.78 Å². The topological polar surface area (TPSA) is 49.4 Å². The van der Waals surface area contributed by atoms with Crippen LogP contribution in [-0.2, 0) is 9.59 Å². The number of hydrogen-bond donors (Lipinski definition) is 1. The van der Waals surface area contributed by atoms with Crippen LogP contribution in [0.3, 0.4) is 0 Å². The number of nitrogens with zero attached hydrogens (tertiary/aromatic N) is 1. The standard InChI is InChI=1S/C14H26N2O2/c1-5-15-14(18)11-16(6-2)10-8-7-9-12(3)13(4)17/h7-8,12H,5-6,9-11H2,1-4H3,(H,15,18)/b8-7+. The van der Waals surface area contributed by atoms with Crippen LogP contribution in [-0.4, -0.2) is 42.8 Å². The van der Waals surface area contributed by atoms with Crippen LogP contribution in [0.2, 0.25) is 0 Å². The summed E-state index contributed by atoms with van der Waals surface area (Å²) in [6.45, 7) is 10.2. The zero-order valence-electron chi connectivity index (χ0n) is 12.0. The normalized spacial score (nSPS) is 12.9. The fourth-order valence-electron chi connectivity index (χ4n) is 1.45. The van der Waals surface area contributed by atoms with Crippen molar-refractivity contribution in [1.82, 2.24) is 10.2 Å². The lowest BCUT2D eigenvalue weighted by molar-refractivity contribution is -0.122. The molecule has 4 nitrogen and oxygen atoms in total. The molecular formula is C14H26N2O2. The van der Waals surface area contributed by atoms with Crippen molar-refractivity contribution >= 4 is 11.7 Å². The number of Topliss-reactive ketones (excluding diaryl/α,β-unsaturated/α-hetero) is 1. The summed E-state index contributed by atoms with van der Waals surface area (Å²) < 4.78 is 0. The molecule has 0 fully saturated rings. The Hall–Kier alpha value is -1.16. The Morgan fingerprint density at radius 1 is 1.28 bits per heavy atom. The fraction of sp³-hybridized carbons (Fsp3) is 0.714. The first-order valence-electron chi connectivity index (χ1n) is 6.65.